The molecule has 2 aliphatic rings. The van der Waals surface area contributed by atoms with E-state index in [9.17, 15) is 14.0 Å². The Morgan fingerprint density at radius 1 is 1.19 bits per heavy atom. The van der Waals surface area contributed by atoms with E-state index in [-0.39, 0.29) is 23.5 Å². The van der Waals surface area contributed by atoms with E-state index in [2.05, 4.69) is 9.88 Å². The summed E-state index contributed by atoms with van der Waals surface area (Å²) in [5, 5.41) is 0. The fourth-order valence-electron chi connectivity index (χ4n) is 3.88. The second-order valence-electron chi connectivity index (χ2n) is 6.88. The highest BCUT2D eigenvalue weighted by Crippen LogP contribution is 2.27. The number of hydrogen-bond donors (Lipinski definition) is 0. The molecule has 0 spiro atoms. The van der Waals surface area contributed by atoms with Gasteiger partial charge in [-0.1, -0.05) is 12.1 Å². The Labute approximate surface area is 151 Å². The first-order chi connectivity index (χ1) is 12.5. The number of rotatable bonds is 2. The van der Waals surface area contributed by atoms with Gasteiger partial charge in [0.05, 0.1) is 6.20 Å². The summed E-state index contributed by atoms with van der Waals surface area (Å²) in [5.41, 5.74) is 2.23. The average Bonchev–Trinajstić information content (AvgIpc) is 3.03. The first-order valence-corrected chi connectivity index (χ1v) is 8.87. The van der Waals surface area contributed by atoms with E-state index in [0.29, 0.717) is 43.6 Å². The number of fused-ring (bicyclic) bond motifs is 1. The molecular weight excluding hydrogens is 333 g/mol. The number of piperazine rings is 1. The number of Topliss-reactive ketones (excluding diaryl/α,β-unsaturated/α-hetero) is 1. The lowest BCUT2D eigenvalue weighted by atomic mass is 10.0. The average molecular weight is 353 g/mol. The maximum absolute atomic E-state index is 13.1. The Kier molecular flexibility index (Phi) is 4.18. The molecule has 4 rings (SSSR count). The van der Waals surface area contributed by atoms with Gasteiger partial charge in [-0.3, -0.25) is 9.59 Å². The Balaban J connectivity index is 1.52. The summed E-state index contributed by atoms with van der Waals surface area (Å²) in [6.45, 7) is 3.80. The zero-order valence-electron chi connectivity index (χ0n) is 14.6. The van der Waals surface area contributed by atoms with Crippen LogP contribution in [0.25, 0.3) is 0 Å². The van der Waals surface area contributed by atoms with Gasteiger partial charge < -0.3 is 9.80 Å². The number of nitrogens with zero attached hydrogens (tertiary/aromatic N) is 3. The summed E-state index contributed by atoms with van der Waals surface area (Å²) in [5.74, 6) is 0.463. The maximum atomic E-state index is 13.1. The topological polar surface area (TPSA) is 53.5 Å². The molecule has 2 aromatic rings. The molecular formula is C20H20FN3O2. The molecule has 1 atom stereocenters. The molecule has 6 heteroatoms. The monoisotopic (exact) mass is 353 g/mol. The lowest BCUT2D eigenvalue weighted by Gasteiger charge is -2.40. The highest BCUT2D eigenvalue weighted by atomic mass is 19.1. The lowest BCUT2D eigenvalue weighted by Crippen LogP contribution is -2.54. The van der Waals surface area contributed by atoms with Crippen LogP contribution in [0.2, 0.25) is 0 Å². The minimum Gasteiger partial charge on any atom is -0.350 e. The van der Waals surface area contributed by atoms with Crippen molar-refractivity contribution in [2.75, 3.05) is 24.5 Å². The number of anilines is 1. The van der Waals surface area contributed by atoms with Crippen molar-refractivity contribution in [3.05, 3.63) is 59.0 Å². The van der Waals surface area contributed by atoms with Gasteiger partial charge in [0.2, 0.25) is 0 Å². The fraction of sp³-hybridized carbons (Fsp3) is 0.350. The fourth-order valence-corrected chi connectivity index (χ4v) is 3.88. The number of carbonyl (C=O) groups excluding carboxylic acids is 2. The van der Waals surface area contributed by atoms with Crippen LogP contribution >= 0.6 is 0 Å². The van der Waals surface area contributed by atoms with Gasteiger partial charge in [0.25, 0.3) is 5.91 Å². The smallest absolute Gasteiger partial charge is 0.254 e. The molecule has 0 radical (unpaired) electrons. The van der Waals surface area contributed by atoms with Crippen molar-refractivity contribution >= 4 is 17.5 Å². The van der Waals surface area contributed by atoms with Crippen LogP contribution in [-0.2, 0) is 6.42 Å². The molecule has 2 heterocycles. The molecule has 1 aliphatic carbocycles. The summed E-state index contributed by atoms with van der Waals surface area (Å²) in [6.07, 6.45) is 2.34. The van der Waals surface area contributed by atoms with Gasteiger partial charge in [-0.2, -0.15) is 0 Å². The van der Waals surface area contributed by atoms with E-state index in [1.165, 1.54) is 12.3 Å². The van der Waals surface area contributed by atoms with Crippen LogP contribution in [0, 0.1) is 5.82 Å². The predicted molar refractivity (Wildman–Crippen MR) is 96.0 cm³/mol. The van der Waals surface area contributed by atoms with Crippen LogP contribution in [0.15, 0.2) is 36.5 Å². The van der Waals surface area contributed by atoms with Gasteiger partial charge in [-0.05, 0) is 37.1 Å². The molecule has 1 unspecified atom stereocenters. The number of pyridine rings is 1. The molecule has 0 N–H and O–H groups in total. The number of benzene rings is 1. The molecule has 1 aromatic heterocycles. The zero-order valence-corrected chi connectivity index (χ0v) is 14.6. The molecule has 26 heavy (non-hydrogen) atoms. The second-order valence-corrected chi connectivity index (χ2v) is 6.88. The standard InChI is InChI=1S/C20H20FN3O2/c1-13-12-23(9-10-24(13)19-8-5-14(21)11-22-19)20(26)17-4-2-3-16-15(17)6-7-18(16)25/h2-5,8,11,13H,6-7,9-10,12H2,1H3. The summed E-state index contributed by atoms with van der Waals surface area (Å²) in [7, 11) is 0. The number of carbonyl (C=O) groups is 2. The van der Waals surface area contributed by atoms with Crippen LogP contribution in [-0.4, -0.2) is 47.3 Å². The first kappa shape index (κ1) is 16.7. The number of amides is 1. The van der Waals surface area contributed by atoms with E-state index in [1.54, 1.807) is 12.1 Å². The molecule has 5 nitrogen and oxygen atoms in total. The van der Waals surface area contributed by atoms with Gasteiger partial charge in [0.15, 0.2) is 5.78 Å². The minimum atomic E-state index is -0.359. The number of halogens is 1. The van der Waals surface area contributed by atoms with Crippen LogP contribution in [0.4, 0.5) is 10.2 Å². The van der Waals surface area contributed by atoms with Crippen LogP contribution < -0.4 is 4.90 Å². The van der Waals surface area contributed by atoms with Crippen LogP contribution in [0.1, 0.15) is 39.6 Å². The normalized spacial score (nSPS) is 19.6. The summed E-state index contributed by atoms with van der Waals surface area (Å²) < 4.78 is 13.1. The molecule has 1 saturated heterocycles. The van der Waals surface area contributed by atoms with Gasteiger partial charge in [-0.15, -0.1) is 0 Å². The van der Waals surface area contributed by atoms with E-state index >= 15 is 0 Å². The Bertz CT molecular complexity index is 866. The number of ketones is 1. The third kappa shape index (κ3) is 2.85. The maximum Gasteiger partial charge on any atom is 0.254 e. The van der Waals surface area contributed by atoms with E-state index < -0.39 is 0 Å². The minimum absolute atomic E-state index is 0.0184. The lowest BCUT2D eigenvalue weighted by molar-refractivity contribution is 0.0725. The van der Waals surface area contributed by atoms with E-state index in [1.807, 2.05) is 24.0 Å². The third-order valence-corrected chi connectivity index (χ3v) is 5.23. The summed E-state index contributed by atoms with van der Waals surface area (Å²) >= 11 is 0. The third-order valence-electron chi connectivity index (χ3n) is 5.23. The number of aromatic nitrogens is 1. The van der Waals surface area contributed by atoms with Crippen molar-refractivity contribution in [1.82, 2.24) is 9.88 Å². The van der Waals surface area contributed by atoms with Crippen molar-refractivity contribution in [2.24, 2.45) is 0 Å². The van der Waals surface area contributed by atoms with E-state index in [0.717, 1.165) is 11.4 Å². The van der Waals surface area contributed by atoms with E-state index in [4.69, 9.17) is 0 Å². The van der Waals surface area contributed by atoms with Gasteiger partial charge >= 0.3 is 0 Å². The molecule has 0 bridgehead atoms. The zero-order chi connectivity index (χ0) is 18.3. The Morgan fingerprint density at radius 3 is 2.77 bits per heavy atom. The van der Waals surface area contributed by atoms with Crippen molar-refractivity contribution in [1.29, 1.82) is 0 Å². The SMILES string of the molecule is CC1CN(C(=O)c2cccc3c2CCC3=O)CCN1c1ccc(F)cn1. The van der Waals surface area contributed by atoms with Crippen molar-refractivity contribution in [3.63, 3.8) is 0 Å². The molecule has 1 aliphatic heterocycles. The molecule has 1 amide bonds. The quantitative estimate of drug-likeness (QED) is 0.833. The Morgan fingerprint density at radius 2 is 2.04 bits per heavy atom. The van der Waals surface area contributed by atoms with Gasteiger partial charge in [0, 0.05) is 43.2 Å². The van der Waals surface area contributed by atoms with Crippen molar-refractivity contribution in [2.45, 2.75) is 25.8 Å². The van der Waals surface area contributed by atoms with Gasteiger partial charge in [-0.25, -0.2) is 9.37 Å². The molecule has 1 aromatic carbocycles. The molecule has 134 valence electrons. The highest BCUT2D eigenvalue weighted by molar-refractivity contribution is 6.05. The second kappa shape index (κ2) is 6.52. The van der Waals surface area contributed by atoms with Crippen LogP contribution in [0.3, 0.4) is 0 Å². The van der Waals surface area contributed by atoms with Crippen molar-refractivity contribution in [3.8, 4) is 0 Å². The Hall–Kier alpha value is -2.76. The molecule has 1 fully saturated rings. The highest BCUT2D eigenvalue weighted by Gasteiger charge is 2.31. The predicted octanol–water partition coefficient (Wildman–Crippen LogP) is 2.70. The van der Waals surface area contributed by atoms with Crippen LogP contribution in [0.5, 0.6) is 0 Å². The number of hydrogen-bond acceptors (Lipinski definition) is 4. The van der Waals surface area contributed by atoms with Crippen molar-refractivity contribution < 1.29 is 14.0 Å². The summed E-state index contributed by atoms with van der Waals surface area (Å²) in [4.78, 5) is 33.0. The summed E-state index contributed by atoms with van der Waals surface area (Å²) in [6, 6.07) is 8.55. The first-order valence-electron chi connectivity index (χ1n) is 8.87. The largest absolute Gasteiger partial charge is 0.350 e. The van der Waals surface area contributed by atoms with Gasteiger partial charge in [0.1, 0.15) is 11.6 Å². The molecule has 0 saturated carbocycles.